The molecule has 0 spiro atoms. The molecule has 1 nitrogen and oxygen atoms in total. The number of benzene rings is 1. The van der Waals surface area contributed by atoms with Crippen LogP contribution in [0.4, 0.5) is 0 Å². The Balaban J connectivity index is 2.93. The monoisotopic (exact) mass is 255 g/mol. The highest BCUT2D eigenvalue weighted by atomic mass is 79.9. The SMILES string of the molecule is CCCC(N)c1cc(CC)ccc1Br. The standard InChI is InChI=1S/C12H18BrN/c1-3-5-12(14)10-8-9(4-2)6-7-11(10)13/h6-8,12H,3-5,14H2,1-2H3. The minimum Gasteiger partial charge on any atom is -0.324 e. The molecule has 78 valence electrons. The van der Waals surface area contributed by atoms with Gasteiger partial charge in [0.2, 0.25) is 0 Å². The number of nitrogens with two attached hydrogens (primary N) is 1. The van der Waals surface area contributed by atoms with Gasteiger partial charge in [-0.25, -0.2) is 0 Å². The van der Waals surface area contributed by atoms with Crippen molar-refractivity contribution in [3.63, 3.8) is 0 Å². The molecule has 0 aliphatic rings. The summed E-state index contributed by atoms with van der Waals surface area (Å²) >= 11 is 3.55. The molecule has 2 heteroatoms. The van der Waals surface area contributed by atoms with E-state index in [1.54, 1.807) is 0 Å². The zero-order valence-electron chi connectivity index (χ0n) is 8.89. The number of rotatable bonds is 4. The lowest BCUT2D eigenvalue weighted by Gasteiger charge is -2.14. The van der Waals surface area contributed by atoms with Crippen molar-refractivity contribution < 1.29 is 0 Å². The van der Waals surface area contributed by atoms with Gasteiger partial charge in [0, 0.05) is 10.5 Å². The van der Waals surface area contributed by atoms with Crippen LogP contribution < -0.4 is 5.73 Å². The van der Waals surface area contributed by atoms with E-state index < -0.39 is 0 Å². The molecule has 1 atom stereocenters. The van der Waals surface area contributed by atoms with Crippen molar-refractivity contribution in [3.8, 4) is 0 Å². The molecule has 0 bridgehead atoms. The fourth-order valence-corrected chi connectivity index (χ4v) is 2.10. The van der Waals surface area contributed by atoms with Crippen LogP contribution in [-0.4, -0.2) is 0 Å². The molecule has 0 radical (unpaired) electrons. The summed E-state index contributed by atoms with van der Waals surface area (Å²) < 4.78 is 1.13. The normalized spacial score (nSPS) is 12.9. The molecule has 0 aromatic heterocycles. The fourth-order valence-electron chi connectivity index (χ4n) is 1.56. The van der Waals surface area contributed by atoms with Gasteiger partial charge in [-0.15, -0.1) is 0 Å². The van der Waals surface area contributed by atoms with Crippen LogP contribution >= 0.6 is 15.9 Å². The summed E-state index contributed by atoms with van der Waals surface area (Å²) in [7, 11) is 0. The molecule has 0 saturated carbocycles. The highest BCUT2D eigenvalue weighted by Crippen LogP contribution is 2.26. The van der Waals surface area contributed by atoms with Crippen LogP contribution in [-0.2, 0) is 6.42 Å². The van der Waals surface area contributed by atoms with Gasteiger partial charge in [0.15, 0.2) is 0 Å². The van der Waals surface area contributed by atoms with Gasteiger partial charge in [-0.05, 0) is 30.0 Å². The number of hydrogen-bond donors (Lipinski definition) is 1. The molecule has 0 fully saturated rings. The summed E-state index contributed by atoms with van der Waals surface area (Å²) in [4.78, 5) is 0. The summed E-state index contributed by atoms with van der Waals surface area (Å²) in [5.41, 5.74) is 8.70. The van der Waals surface area contributed by atoms with Gasteiger partial charge in [0.25, 0.3) is 0 Å². The van der Waals surface area contributed by atoms with Crippen LogP contribution in [0.2, 0.25) is 0 Å². The predicted octanol–water partition coefficient (Wildman–Crippen LogP) is 3.81. The molecular weight excluding hydrogens is 238 g/mol. The molecule has 1 aromatic rings. The average molecular weight is 256 g/mol. The lowest BCUT2D eigenvalue weighted by Crippen LogP contribution is -2.10. The molecule has 14 heavy (non-hydrogen) atoms. The van der Waals surface area contributed by atoms with Crippen molar-refractivity contribution in [1.29, 1.82) is 0 Å². The van der Waals surface area contributed by atoms with Gasteiger partial charge in [-0.2, -0.15) is 0 Å². The van der Waals surface area contributed by atoms with E-state index in [1.807, 2.05) is 0 Å². The quantitative estimate of drug-likeness (QED) is 0.870. The van der Waals surface area contributed by atoms with E-state index in [2.05, 4.69) is 48.0 Å². The maximum Gasteiger partial charge on any atom is 0.0306 e. The first-order valence-corrected chi connectivity index (χ1v) is 6.02. The van der Waals surface area contributed by atoms with Crippen molar-refractivity contribution in [2.75, 3.05) is 0 Å². The average Bonchev–Trinajstić information content (AvgIpc) is 2.19. The lowest BCUT2D eigenvalue weighted by molar-refractivity contribution is 0.635. The molecule has 0 heterocycles. The molecule has 0 aliphatic carbocycles. The third-order valence-electron chi connectivity index (χ3n) is 2.47. The van der Waals surface area contributed by atoms with E-state index in [0.717, 1.165) is 23.7 Å². The molecule has 1 aromatic carbocycles. The Morgan fingerprint density at radius 3 is 2.64 bits per heavy atom. The first-order chi connectivity index (χ1) is 6.69. The first kappa shape index (κ1) is 11.7. The van der Waals surface area contributed by atoms with Crippen LogP contribution in [0.15, 0.2) is 22.7 Å². The third-order valence-corrected chi connectivity index (χ3v) is 3.19. The maximum absolute atomic E-state index is 6.10. The Bertz CT molecular complexity index is 296. The van der Waals surface area contributed by atoms with Gasteiger partial charge < -0.3 is 5.73 Å². The van der Waals surface area contributed by atoms with Crippen molar-refractivity contribution >= 4 is 15.9 Å². The van der Waals surface area contributed by atoms with E-state index >= 15 is 0 Å². The summed E-state index contributed by atoms with van der Waals surface area (Å²) in [6, 6.07) is 6.63. The van der Waals surface area contributed by atoms with E-state index in [-0.39, 0.29) is 6.04 Å². The van der Waals surface area contributed by atoms with Crippen LogP contribution in [0.5, 0.6) is 0 Å². The van der Waals surface area contributed by atoms with Crippen molar-refractivity contribution in [1.82, 2.24) is 0 Å². The Morgan fingerprint density at radius 2 is 2.07 bits per heavy atom. The second kappa shape index (κ2) is 5.52. The maximum atomic E-state index is 6.10. The van der Waals surface area contributed by atoms with Crippen LogP contribution in [0, 0.1) is 0 Å². The van der Waals surface area contributed by atoms with Gasteiger partial charge in [0.1, 0.15) is 0 Å². The smallest absolute Gasteiger partial charge is 0.0306 e. The minimum absolute atomic E-state index is 0.167. The summed E-state index contributed by atoms with van der Waals surface area (Å²) in [5, 5.41) is 0. The topological polar surface area (TPSA) is 26.0 Å². The molecule has 0 saturated heterocycles. The third kappa shape index (κ3) is 2.82. The summed E-state index contributed by atoms with van der Waals surface area (Å²) in [5.74, 6) is 0. The summed E-state index contributed by atoms with van der Waals surface area (Å²) in [6.45, 7) is 4.33. The van der Waals surface area contributed by atoms with E-state index in [0.29, 0.717) is 0 Å². The molecule has 0 aliphatic heterocycles. The minimum atomic E-state index is 0.167. The largest absolute Gasteiger partial charge is 0.324 e. The van der Waals surface area contributed by atoms with Crippen molar-refractivity contribution in [2.24, 2.45) is 5.73 Å². The zero-order valence-corrected chi connectivity index (χ0v) is 10.5. The Hall–Kier alpha value is -0.340. The first-order valence-electron chi connectivity index (χ1n) is 5.23. The second-order valence-electron chi connectivity index (χ2n) is 3.60. The Morgan fingerprint density at radius 1 is 1.36 bits per heavy atom. The number of halogens is 1. The van der Waals surface area contributed by atoms with Crippen molar-refractivity contribution in [3.05, 3.63) is 33.8 Å². The van der Waals surface area contributed by atoms with Crippen molar-refractivity contribution in [2.45, 2.75) is 39.2 Å². The molecular formula is C12H18BrN. The van der Waals surface area contributed by atoms with Gasteiger partial charge in [-0.1, -0.05) is 48.3 Å². The molecule has 1 rings (SSSR count). The van der Waals surface area contributed by atoms with E-state index in [4.69, 9.17) is 5.73 Å². The van der Waals surface area contributed by atoms with Gasteiger partial charge >= 0.3 is 0 Å². The zero-order chi connectivity index (χ0) is 10.6. The van der Waals surface area contributed by atoms with Crippen LogP contribution in [0.3, 0.4) is 0 Å². The number of hydrogen-bond acceptors (Lipinski definition) is 1. The van der Waals surface area contributed by atoms with E-state index in [1.165, 1.54) is 11.1 Å². The lowest BCUT2D eigenvalue weighted by atomic mass is 10.0. The highest BCUT2D eigenvalue weighted by Gasteiger charge is 2.09. The molecule has 0 amide bonds. The van der Waals surface area contributed by atoms with E-state index in [9.17, 15) is 0 Å². The summed E-state index contributed by atoms with van der Waals surface area (Å²) in [6.07, 6.45) is 3.24. The molecule has 2 N–H and O–H groups in total. The highest BCUT2D eigenvalue weighted by molar-refractivity contribution is 9.10. The van der Waals surface area contributed by atoms with Gasteiger partial charge in [0.05, 0.1) is 0 Å². The second-order valence-corrected chi connectivity index (χ2v) is 4.46. The van der Waals surface area contributed by atoms with Gasteiger partial charge in [-0.3, -0.25) is 0 Å². The molecule has 1 unspecified atom stereocenters. The fraction of sp³-hybridized carbons (Fsp3) is 0.500. The number of aryl methyl sites for hydroxylation is 1. The van der Waals surface area contributed by atoms with Crippen LogP contribution in [0.1, 0.15) is 43.9 Å². The van der Waals surface area contributed by atoms with Crippen LogP contribution in [0.25, 0.3) is 0 Å². The Kier molecular flexibility index (Phi) is 4.63. The predicted molar refractivity (Wildman–Crippen MR) is 65.4 cm³/mol. The Labute approximate surface area is 94.8 Å².